The molecule has 0 rings (SSSR count). The molecule has 0 aliphatic rings. The second kappa shape index (κ2) is 8.96. The van der Waals surface area contributed by atoms with E-state index < -0.39 is 11.0 Å². The van der Waals surface area contributed by atoms with E-state index in [2.05, 4.69) is 4.72 Å². The SMILES string of the molecule is CNS(=O)CC(CO)SCCCO. The van der Waals surface area contributed by atoms with Crippen LogP contribution in [0.3, 0.4) is 0 Å². The van der Waals surface area contributed by atoms with E-state index in [0.29, 0.717) is 12.2 Å². The summed E-state index contributed by atoms with van der Waals surface area (Å²) in [4.78, 5) is 0. The molecule has 6 heteroatoms. The highest BCUT2D eigenvalue weighted by molar-refractivity contribution is 8.00. The van der Waals surface area contributed by atoms with Gasteiger partial charge in [-0.15, -0.1) is 0 Å². The summed E-state index contributed by atoms with van der Waals surface area (Å²) in [6, 6.07) is 0. The minimum Gasteiger partial charge on any atom is -0.396 e. The first-order valence-corrected chi connectivity index (χ1v) is 6.50. The minimum absolute atomic E-state index is 0.000154. The van der Waals surface area contributed by atoms with Crippen molar-refractivity contribution in [3.05, 3.63) is 0 Å². The van der Waals surface area contributed by atoms with Crippen molar-refractivity contribution in [1.82, 2.24) is 4.72 Å². The topological polar surface area (TPSA) is 69.6 Å². The number of thioether (sulfide) groups is 1. The summed E-state index contributed by atoms with van der Waals surface area (Å²) in [7, 11) is 0.572. The zero-order valence-electron chi connectivity index (χ0n) is 7.73. The molecular formula is C7H17NO3S2. The highest BCUT2D eigenvalue weighted by atomic mass is 32.2. The smallest absolute Gasteiger partial charge is 0.0924 e. The molecule has 80 valence electrons. The Morgan fingerprint density at radius 3 is 2.69 bits per heavy atom. The monoisotopic (exact) mass is 227 g/mol. The fraction of sp³-hybridized carbons (Fsp3) is 1.00. The Morgan fingerprint density at radius 2 is 2.23 bits per heavy atom. The average Bonchev–Trinajstić information content (AvgIpc) is 2.16. The van der Waals surface area contributed by atoms with Crippen molar-refractivity contribution in [2.24, 2.45) is 0 Å². The van der Waals surface area contributed by atoms with Gasteiger partial charge in [0.15, 0.2) is 0 Å². The first kappa shape index (κ1) is 13.4. The number of aliphatic hydroxyl groups excluding tert-OH is 2. The van der Waals surface area contributed by atoms with Gasteiger partial charge >= 0.3 is 0 Å². The number of hydrogen-bond acceptors (Lipinski definition) is 4. The van der Waals surface area contributed by atoms with Crippen LogP contribution in [0.5, 0.6) is 0 Å². The fourth-order valence-corrected chi connectivity index (χ4v) is 2.82. The van der Waals surface area contributed by atoms with Crippen molar-refractivity contribution in [2.75, 3.05) is 31.8 Å². The van der Waals surface area contributed by atoms with Gasteiger partial charge in [0.25, 0.3) is 0 Å². The number of hydrogen-bond donors (Lipinski definition) is 3. The molecule has 2 atom stereocenters. The van der Waals surface area contributed by atoms with Gasteiger partial charge in [-0.1, -0.05) is 0 Å². The summed E-state index contributed by atoms with van der Waals surface area (Å²) in [5.74, 6) is 1.24. The van der Waals surface area contributed by atoms with Gasteiger partial charge < -0.3 is 10.2 Å². The van der Waals surface area contributed by atoms with Crippen LogP contribution in [0, 0.1) is 0 Å². The van der Waals surface area contributed by atoms with Crippen molar-refractivity contribution in [2.45, 2.75) is 11.7 Å². The summed E-state index contributed by atoms with van der Waals surface area (Å²) in [6.07, 6.45) is 0.716. The quantitative estimate of drug-likeness (QED) is 0.482. The summed E-state index contributed by atoms with van der Waals surface area (Å²) in [5.41, 5.74) is 0. The molecule has 0 aliphatic carbocycles. The summed E-state index contributed by atoms with van der Waals surface area (Å²) < 4.78 is 13.7. The predicted molar refractivity (Wildman–Crippen MR) is 57.1 cm³/mol. The molecule has 0 aliphatic heterocycles. The third-order valence-corrected chi connectivity index (χ3v) is 4.11. The third-order valence-electron chi connectivity index (χ3n) is 1.42. The molecule has 0 fully saturated rings. The van der Waals surface area contributed by atoms with Gasteiger partial charge in [-0.2, -0.15) is 11.8 Å². The van der Waals surface area contributed by atoms with E-state index in [9.17, 15) is 4.21 Å². The molecule has 0 saturated carbocycles. The van der Waals surface area contributed by atoms with Crippen LogP contribution in [-0.4, -0.2) is 51.4 Å². The summed E-state index contributed by atoms with van der Waals surface area (Å²) in [6.45, 7) is 0.198. The maximum atomic E-state index is 11.0. The summed E-state index contributed by atoms with van der Waals surface area (Å²) >= 11 is 1.55. The van der Waals surface area contributed by atoms with E-state index in [0.717, 1.165) is 5.75 Å². The molecule has 0 radical (unpaired) electrons. The Hall–Kier alpha value is 0.380. The van der Waals surface area contributed by atoms with Crippen LogP contribution in [0.4, 0.5) is 0 Å². The molecule has 0 bridgehead atoms. The Bertz CT molecular complexity index is 146. The van der Waals surface area contributed by atoms with Gasteiger partial charge in [0.05, 0.1) is 23.3 Å². The lowest BCUT2D eigenvalue weighted by molar-refractivity contribution is 0.294. The normalized spacial score (nSPS) is 15.6. The zero-order chi connectivity index (χ0) is 10.1. The second-order valence-electron chi connectivity index (χ2n) is 2.47. The molecule has 2 unspecified atom stereocenters. The lowest BCUT2D eigenvalue weighted by Crippen LogP contribution is -2.24. The van der Waals surface area contributed by atoms with Crippen LogP contribution in [0.25, 0.3) is 0 Å². The van der Waals surface area contributed by atoms with Crippen LogP contribution >= 0.6 is 11.8 Å². The van der Waals surface area contributed by atoms with Crippen molar-refractivity contribution < 1.29 is 14.4 Å². The largest absolute Gasteiger partial charge is 0.396 e. The third kappa shape index (κ3) is 7.45. The van der Waals surface area contributed by atoms with Crippen molar-refractivity contribution in [3.8, 4) is 0 Å². The number of nitrogens with one attached hydrogen (secondary N) is 1. The lowest BCUT2D eigenvalue weighted by Gasteiger charge is -2.12. The van der Waals surface area contributed by atoms with Gasteiger partial charge in [-0.25, -0.2) is 8.93 Å². The van der Waals surface area contributed by atoms with E-state index in [1.54, 1.807) is 18.8 Å². The van der Waals surface area contributed by atoms with Crippen LogP contribution < -0.4 is 4.72 Å². The van der Waals surface area contributed by atoms with Gasteiger partial charge in [0.1, 0.15) is 0 Å². The van der Waals surface area contributed by atoms with Gasteiger partial charge in [-0.3, -0.25) is 0 Å². The standard InChI is InChI=1S/C7H17NO3S2/c1-8-13(11)6-7(5-10)12-4-2-3-9/h7-10H,2-6H2,1H3. The molecular weight excluding hydrogens is 210 g/mol. The molecule has 3 N–H and O–H groups in total. The molecule has 0 aromatic rings. The highest BCUT2D eigenvalue weighted by Gasteiger charge is 2.10. The number of aliphatic hydroxyl groups is 2. The second-order valence-corrected chi connectivity index (χ2v) is 5.31. The first-order valence-electron chi connectivity index (χ1n) is 4.13. The molecule has 0 amide bonds. The van der Waals surface area contributed by atoms with Gasteiger partial charge in [0.2, 0.25) is 0 Å². The molecule has 0 saturated heterocycles. The Morgan fingerprint density at radius 1 is 1.54 bits per heavy atom. The minimum atomic E-state index is -1.06. The zero-order valence-corrected chi connectivity index (χ0v) is 9.37. The Balaban J connectivity index is 3.56. The molecule has 0 aromatic heterocycles. The van der Waals surface area contributed by atoms with E-state index >= 15 is 0 Å². The maximum Gasteiger partial charge on any atom is 0.0924 e. The maximum absolute atomic E-state index is 11.0. The molecule has 0 aromatic carbocycles. The lowest BCUT2D eigenvalue weighted by atomic mass is 10.5. The van der Waals surface area contributed by atoms with E-state index in [-0.39, 0.29) is 18.5 Å². The van der Waals surface area contributed by atoms with E-state index in [1.807, 2.05) is 0 Å². The predicted octanol–water partition coefficient (Wildman–Crippen LogP) is -0.654. The van der Waals surface area contributed by atoms with Crippen LogP contribution in [0.15, 0.2) is 0 Å². The molecule has 0 spiro atoms. The molecule has 0 heterocycles. The van der Waals surface area contributed by atoms with Crippen LogP contribution in [0.2, 0.25) is 0 Å². The fourth-order valence-electron chi connectivity index (χ4n) is 0.720. The van der Waals surface area contributed by atoms with E-state index in [4.69, 9.17) is 10.2 Å². The Labute approximate surface area is 85.7 Å². The van der Waals surface area contributed by atoms with Crippen molar-refractivity contribution in [3.63, 3.8) is 0 Å². The van der Waals surface area contributed by atoms with Crippen LogP contribution in [-0.2, 0) is 11.0 Å². The molecule has 13 heavy (non-hydrogen) atoms. The number of rotatable bonds is 8. The van der Waals surface area contributed by atoms with Crippen molar-refractivity contribution >= 4 is 22.7 Å². The summed E-state index contributed by atoms with van der Waals surface area (Å²) in [5, 5.41) is 17.5. The average molecular weight is 227 g/mol. The van der Waals surface area contributed by atoms with Gasteiger partial charge in [-0.05, 0) is 19.2 Å². The van der Waals surface area contributed by atoms with Gasteiger partial charge in [0, 0.05) is 11.9 Å². The Kier molecular flexibility index (Phi) is 9.22. The first-order chi connectivity index (χ1) is 6.24. The highest BCUT2D eigenvalue weighted by Crippen LogP contribution is 2.12. The molecule has 4 nitrogen and oxygen atoms in total. The van der Waals surface area contributed by atoms with Crippen molar-refractivity contribution in [1.29, 1.82) is 0 Å². The van der Waals surface area contributed by atoms with E-state index in [1.165, 1.54) is 0 Å². The van der Waals surface area contributed by atoms with Crippen LogP contribution in [0.1, 0.15) is 6.42 Å².